The van der Waals surface area contributed by atoms with Gasteiger partial charge in [-0.1, -0.05) is 20.8 Å². The number of hydrogen-bond donors (Lipinski definition) is 1. The Labute approximate surface area is 82.4 Å². The van der Waals surface area contributed by atoms with Crippen LogP contribution in [0.25, 0.3) is 0 Å². The van der Waals surface area contributed by atoms with Gasteiger partial charge < -0.3 is 5.11 Å². The highest BCUT2D eigenvalue weighted by molar-refractivity contribution is 5.90. The van der Waals surface area contributed by atoms with Crippen LogP contribution in [-0.2, 0) is 9.59 Å². The Morgan fingerprint density at radius 1 is 1.50 bits per heavy atom. The van der Waals surface area contributed by atoms with Crippen molar-refractivity contribution in [3.05, 3.63) is 0 Å². The van der Waals surface area contributed by atoms with Gasteiger partial charge in [0.15, 0.2) is 6.04 Å². The lowest BCUT2D eigenvalue weighted by Gasteiger charge is -2.25. The lowest BCUT2D eigenvalue weighted by atomic mass is 9.95. The first kappa shape index (κ1) is 10.7. The van der Waals surface area contributed by atoms with Crippen molar-refractivity contribution in [2.45, 2.75) is 33.2 Å². The fourth-order valence-electron chi connectivity index (χ4n) is 1.16. The zero-order chi connectivity index (χ0) is 10.9. The molecule has 1 atom stereocenters. The molecule has 14 heavy (non-hydrogen) atoms. The van der Waals surface area contributed by atoms with Gasteiger partial charge in [0, 0.05) is 18.1 Å². The highest BCUT2D eigenvalue weighted by atomic mass is 16.4. The second-order valence-electron chi connectivity index (χ2n) is 4.29. The quantitative estimate of drug-likeness (QED) is 0.674. The monoisotopic (exact) mass is 198 g/mol. The van der Waals surface area contributed by atoms with Crippen molar-refractivity contribution >= 4 is 18.1 Å². The summed E-state index contributed by atoms with van der Waals surface area (Å²) < 4.78 is 0. The van der Waals surface area contributed by atoms with Crippen molar-refractivity contribution in [2.24, 2.45) is 10.5 Å². The number of hydrazone groups is 1. The Morgan fingerprint density at radius 2 is 2.07 bits per heavy atom. The molecule has 0 aromatic heterocycles. The summed E-state index contributed by atoms with van der Waals surface area (Å²) in [4.78, 5) is 22.5. The van der Waals surface area contributed by atoms with Gasteiger partial charge in [0.1, 0.15) is 0 Å². The van der Waals surface area contributed by atoms with Crippen LogP contribution in [0, 0.1) is 5.41 Å². The minimum atomic E-state index is -1.01. The van der Waals surface area contributed by atoms with Gasteiger partial charge in [-0.25, -0.2) is 9.80 Å². The van der Waals surface area contributed by atoms with Crippen molar-refractivity contribution in [3.63, 3.8) is 0 Å². The molecule has 1 unspecified atom stereocenters. The van der Waals surface area contributed by atoms with E-state index in [1.807, 2.05) is 0 Å². The summed E-state index contributed by atoms with van der Waals surface area (Å²) in [6, 6.07) is -0.832. The number of nitrogens with zero attached hydrogens (tertiary/aromatic N) is 2. The van der Waals surface area contributed by atoms with Crippen LogP contribution in [-0.4, -0.2) is 34.2 Å². The van der Waals surface area contributed by atoms with Crippen molar-refractivity contribution in [3.8, 4) is 0 Å². The summed E-state index contributed by atoms with van der Waals surface area (Å²) in [7, 11) is 0. The summed E-state index contributed by atoms with van der Waals surface area (Å²) in [5.74, 6) is -1.28. The molecule has 1 amide bonds. The van der Waals surface area contributed by atoms with Crippen LogP contribution in [0.15, 0.2) is 5.10 Å². The normalized spacial score (nSPS) is 21.4. The molecule has 0 saturated carbocycles. The van der Waals surface area contributed by atoms with Gasteiger partial charge in [-0.2, -0.15) is 5.10 Å². The van der Waals surface area contributed by atoms with Crippen molar-refractivity contribution in [1.82, 2.24) is 5.01 Å². The zero-order valence-electron chi connectivity index (χ0n) is 8.52. The van der Waals surface area contributed by atoms with Gasteiger partial charge in [0.2, 0.25) is 5.91 Å². The molecule has 1 heterocycles. The molecule has 1 aliphatic heterocycles. The topological polar surface area (TPSA) is 70.0 Å². The number of aliphatic carboxylic acids is 1. The standard InChI is InChI=1S/C9H14N2O3/c1-9(2,3)8(14)11-6(7(12)13)4-5-10-11/h5-6H,4H2,1-3H3,(H,12,13). The van der Waals surface area contributed by atoms with Crippen LogP contribution in [0.4, 0.5) is 0 Å². The molecule has 1 N–H and O–H groups in total. The first-order chi connectivity index (χ1) is 6.34. The molecule has 0 radical (unpaired) electrons. The Balaban J connectivity index is 2.82. The third-order valence-electron chi connectivity index (χ3n) is 1.96. The van der Waals surface area contributed by atoms with Crippen LogP contribution in [0.5, 0.6) is 0 Å². The van der Waals surface area contributed by atoms with Crippen molar-refractivity contribution in [2.75, 3.05) is 0 Å². The van der Waals surface area contributed by atoms with E-state index in [9.17, 15) is 9.59 Å². The third-order valence-corrected chi connectivity index (χ3v) is 1.96. The number of rotatable bonds is 1. The highest BCUT2D eigenvalue weighted by Crippen LogP contribution is 2.22. The van der Waals surface area contributed by atoms with Gasteiger partial charge in [0.25, 0.3) is 0 Å². The Hall–Kier alpha value is -1.39. The molecule has 78 valence electrons. The maximum atomic E-state index is 11.7. The van der Waals surface area contributed by atoms with E-state index in [2.05, 4.69) is 5.10 Å². The molecule has 0 aromatic rings. The fraction of sp³-hybridized carbons (Fsp3) is 0.667. The number of carboxylic acids is 1. The summed E-state index contributed by atoms with van der Waals surface area (Å²) in [6.07, 6.45) is 1.75. The van der Waals surface area contributed by atoms with Gasteiger partial charge in [-0.15, -0.1) is 0 Å². The molecule has 0 aliphatic carbocycles. The van der Waals surface area contributed by atoms with E-state index in [0.29, 0.717) is 0 Å². The maximum absolute atomic E-state index is 11.7. The van der Waals surface area contributed by atoms with E-state index in [4.69, 9.17) is 5.11 Å². The predicted molar refractivity (Wildman–Crippen MR) is 50.8 cm³/mol. The van der Waals surface area contributed by atoms with E-state index in [0.717, 1.165) is 5.01 Å². The van der Waals surface area contributed by atoms with Crippen LogP contribution in [0.1, 0.15) is 27.2 Å². The lowest BCUT2D eigenvalue weighted by molar-refractivity contribution is -0.152. The molecular formula is C9H14N2O3. The summed E-state index contributed by atoms with van der Waals surface area (Å²) >= 11 is 0. The van der Waals surface area contributed by atoms with Crippen LogP contribution < -0.4 is 0 Å². The fourth-order valence-corrected chi connectivity index (χ4v) is 1.16. The third kappa shape index (κ3) is 1.92. The van der Waals surface area contributed by atoms with E-state index in [1.54, 1.807) is 20.8 Å². The van der Waals surface area contributed by atoms with Gasteiger partial charge in [-0.3, -0.25) is 4.79 Å². The molecule has 0 fully saturated rings. The number of amides is 1. The Morgan fingerprint density at radius 3 is 2.50 bits per heavy atom. The molecule has 5 nitrogen and oxygen atoms in total. The summed E-state index contributed by atoms with van der Waals surface area (Å²) in [5.41, 5.74) is -0.602. The Bertz CT molecular complexity index is 291. The van der Waals surface area contributed by atoms with Gasteiger partial charge >= 0.3 is 5.97 Å². The first-order valence-electron chi connectivity index (χ1n) is 4.43. The minimum Gasteiger partial charge on any atom is -0.480 e. The van der Waals surface area contributed by atoms with Crippen molar-refractivity contribution < 1.29 is 14.7 Å². The average molecular weight is 198 g/mol. The summed E-state index contributed by atoms with van der Waals surface area (Å²) in [5, 5.41) is 13.7. The molecule has 1 aliphatic rings. The largest absolute Gasteiger partial charge is 0.480 e. The van der Waals surface area contributed by atoms with Gasteiger partial charge in [-0.05, 0) is 0 Å². The minimum absolute atomic E-state index is 0.265. The molecule has 0 aromatic carbocycles. The van der Waals surface area contributed by atoms with Gasteiger partial charge in [0.05, 0.1) is 0 Å². The first-order valence-corrected chi connectivity index (χ1v) is 4.43. The number of carbonyl (C=O) groups is 2. The number of hydrogen-bond acceptors (Lipinski definition) is 3. The average Bonchev–Trinajstić information content (AvgIpc) is 2.48. The molecular weight excluding hydrogens is 184 g/mol. The van der Waals surface area contributed by atoms with Crippen LogP contribution in [0.3, 0.4) is 0 Å². The highest BCUT2D eigenvalue weighted by Gasteiger charge is 2.37. The second kappa shape index (κ2) is 3.40. The second-order valence-corrected chi connectivity index (χ2v) is 4.29. The van der Waals surface area contributed by atoms with Crippen molar-refractivity contribution in [1.29, 1.82) is 0 Å². The zero-order valence-corrected chi connectivity index (χ0v) is 8.52. The molecule has 1 rings (SSSR count). The van der Waals surface area contributed by atoms with E-state index < -0.39 is 17.4 Å². The lowest BCUT2D eigenvalue weighted by Crippen LogP contribution is -2.43. The van der Waals surface area contributed by atoms with E-state index in [-0.39, 0.29) is 12.3 Å². The predicted octanol–water partition coefficient (Wildman–Crippen LogP) is 0.704. The molecule has 0 saturated heterocycles. The van der Waals surface area contributed by atoms with E-state index >= 15 is 0 Å². The van der Waals surface area contributed by atoms with Crippen LogP contribution in [0.2, 0.25) is 0 Å². The summed E-state index contributed by atoms with van der Waals surface area (Å²) in [6.45, 7) is 5.21. The smallest absolute Gasteiger partial charge is 0.329 e. The van der Waals surface area contributed by atoms with Crippen LogP contribution >= 0.6 is 0 Å². The molecule has 0 spiro atoms. The molecule has 5 heteroatoms. The van der Waals surface area contributed by atoms with E-state index in [1.165, 1.54) is 6.21 Å². The molecule has 0 bridgehead atoms. The number of carboxylic acid groups (broad SMARTS) is 1. The Kier molecular flexibility index (Phi) is 2.59. The SMILES string of the molecule is CC(C)(C)C(=O)N1N=CCC1C(=O)O. The number of carbonyl (C=O) groups excluding carboxylic acids is 1. The maximum Gasteiger partial charge on any atom is 0.329 e.